The molecule has 0 saturated heterocycles. The van der Waals surface area contributed by atoms with Crippen LogP contribution in [0.3, 0.4) is 0 Å². The second-order valence-corrected chi connectivity index (χ2v) is 10.4. The van der Waals surface area contributed by atoms with Gasteiger partial charge >= 0.3 is 0 Å². The summed E-state index contributed by atoms with van der Waals surface area (Å²) in [6, 6.07) is 25.3. The van der Waals surface area contributed by atoms with E-state index in [9.17, 15) is 4.79 Å². The number of hydrogen-bond acceptors (Lipinski definition) is 4. The maximum absolute atomic E-state index is 13.1. The fourth-order valence-electron chi connectivity index (χ4n) is 3.91. The van der Waals surface area contributed by atoms with Crippen LogP contribution in [0.15, 0.2) is 78.9 Å². The standard InChI is InChI=1S/C28H27N3O2S/c1-28(2,3)20-11-9-19(10-12-20)27(32)29-26-24-17-34-18-25(24)30-31(26)21-13-15-23(16-14-21)33-22-7-5-4-6-8-22/h4-16H,17-18H2,1-3H3,(H,29,32). The highest BCUT2D eigenvalue weighted by atomic mass is 32.2. The summed E-state index contributed by atoms with van der Waals surface area (Å²) in [4.78, 5) is 13.1. The first kappa shape index (κ1) is 22.3. The molecule has 0 spiro atoms. The number of thioether (sulfide) groups is 1. The van der Waals surface area contributed by atoms with Crippen molar-refractivity contribution >= 4 is 23.5 Å². The highest BCUT2D eigenvalue weighted by Gasteiger charge is 2.25. The fourth-order valence-corrected chi connectivity index (χ4v) is 4.94. The summed E-state index contributed by atoms with van der Waals surface area (Å²) < 4.78 is 7.75. The van der Waals surface area contributed by atoms with Crippen LogP contribution in [0.25, 0.3) is 5.69 Å². The van der Waals surface area contributed by atoms with Gasteiger partial charge in [0, 0.05) is 22.6 Å². The topological polar surface area (TPSA) is 56.2 Å². The van der Waals surface area contributed by atoms with Crippen LogP contribution >= 0.6 is 11.8 Å². The molecule has 0 atom stereocenters. The number of aromatic nitrogens is 2. The van der Waals surface area contributed by atoms with Crippen LogP contribution in [0.4, 0.5) is 5.82 Å². The van der Waals surface area contributed by atoms with E-state index in [0.717, 1.165) is 45.8 Å². The van der Waals surface area contributed by atoms with Crippen molar-refractivity contribution in [2.45, 2.75) is 37.7 Å². The summed E-state index contributed by atoms with van der Waals surface area (Å²) in [5.74, 6) is 3.82. The average Bonchev–Trinajstić information content (AvgIpc) is 3.42. The molecule has 1 aliphatic rings. The summed E-state index contributed by atoms with van der Waals surface area (Å²) in [6.07, 6.45) is 0. The molecule has 5 rings (SSSR count). The Labute approximate surface area is 204 Å². The number of benzene rings is 3. The minimum atomic E-state index is -0.134. The predicted molar refractivity (Wildman–Crippen MR) is 138 cm³/mol. The number of carbonyl (C=O) groups is 1. The molecular weight excluding hydrogens is 442 g/mol. The lowest BCUT2D eigenvalue weighted by atomic mass is 9.87. The minimum absolute atomic E-state index is 0.0437. The van der Waals surface area contributed by atoms with E-state index in [4.69, 9.17) is 9.84 Å². The zero-order valence-electron chi connectivity index (χ0n) is 19.5. The summed E-state index contributed by atoms with van der Waals surface area (Å²) in [7, 11) is 0. The number of nitrogens with zero attached hydrogens (tertiary/aromatic N) is 2. The van der Waals surface area contributed by atoms with Crippen LogP contribution in [-0.2, 0) is 16.9 Å². The Bertz CT molecular complexity index is 1310. The monoisotopic (exact) mass is 469 g/mol. The van der Waals surface area contributed by atoms with E-state index in [1.54, 1.807) is 0 Å². The van der Waals surface area contributed by atoms with Gasteiger partial charge < -0.3 is 10.1 Å². The molecule has 5 nitrogen and oxygen atoms in total. The van der Waals surface area contributed by atoms with Crippen molar-refractivity contribution in [1.82, 2.24) is 9.78 Å². The SMILES string of the molecule is CC(C)(C)c1ccc(C(=O)Nc2c3c(nn2-c2ccc(Oc4ccccc4)cc2)CSC3)cc1. The number of para-hydroxylation sites is 1. The number of carbonyl (C=O) groups excluding carboxylic acids is 1. The van der Waals surface area contributed by atoms with Gasteiger partial charge in [-0.05, 0) is 59.5 Å². The summed E-state index contributed by atoms with van der Waals surface area (Å²) >= 11 is 1.81. The summed E-state index contributed by atoms with van der Waals surface area (Å²) in [6.45, 7) is 6.49. The smallest absolute Gasteiger partial charge is 0.256 e. The quantitative estimate of drug-likeness (QED) is 0.343. The van der Waals surface area contributed by atoms with E-state index >= 15 is 0 Å². The molecule has 0 radical (unpaired) electrons. The third-order valence-corrected chi connectivity index (χ3v) is 6.83. The molecule has 3 aromatic carbocycles. The van der Waals surface area contributed by atoms with Crippen molar-refractivity contribution in [2.75, 3.05) is 5.32 Å². The lowest BCUT2D eigenvalue weighted by molar-refractivity contribution is 0.102. The molecule has 1 amide bonds. The van der Waals surface area contributed by atoms with Crippen LogP contribution in [-0.4, -0.2) is 15.7 Å². The number of amides is 1. The van der Waals surface area contributed by atoms with Crippen LogP contribution in [0.2, 0.25) is 0 Å². The molecular formula is C28H27N3O2S. The second kappa shape index (κ2) is 9.03. The molecule has 4 aromatic rings. The second-order valence-electron chi connectivity index (χ2n) is 9.37. The third-order valence-electron chi connectivity index (χ3n) is 5.86. The number of fused-ring (bicyclic) bond motifs is 1. The van der Waals surface area contributed by atoms with Crippen molar-refractivity contribution in [3.63, 3.8) is 0 Å². The Morgan fingerprint density at radius 3 is 2.26 bits per heavy atom. The Hall–Kier alpha value is -3.51. The van der Waals surface area contributed by atoms with Crippen molar-refractivity contribution in [3.05, 3.63) is 101 Å². The first-order valence-corrected chi connectivity index (χ1v) is 12.5. The van der Waals surface area contributed by atoms with Crippen molar-refractivity contribution < 1.29 is 9.53 Å². The van der Waals surface area contributed by atoms with Crippen molar-refractivity contribution in [3.8, 4) is 17.2 Å². The molecule has 0 saturated carbocycles. The van der Waals surface area contributed by atoms with Gasteiger partial charge in [0.2, 0.25) is 0 Å². The maximum Gasteiger partial charge on any atom is 0.256 e. The number of nitrogens with one attached hydrogen (secondary N) is 1. The Morgan fingerprint density at radius 1 is 0.912 bits per heavy atom. The fraction of sp³-hybridized carbons (Fsp3) is 0.214. The van der Waals surface area contributed by atoms with Gasteiger partial charge in [0.25, 0.3) is 5.91 Å². The highest BCUT2D eigenvalue weighted by molar-refractivity contribution is 7.98. The predicted octanol–water partition coefficient (Wildman–Crippen LogP) is 6.96. The van der Waals surface area contributed by atoms with E-state index < -0.39 is 0 Å². The van der Waals surface area contributed by atoms with Crippen molar-refractivity contribution in [1.29, 1.82) is 0 Å². The van der Waals surface area contributed by atoms with Gasteiger partial charge in [0.05, 0.1) is 11.4 Å². The van der Waals surface area contributed by atoms with Gasteiger partial charge in [-0.15, -0.1) is 0 Å². The number of ether oxygens (including phenoxy) is 1. The van der Waals surface area contributed by atoms with Crippen LogP contribution < -0.4 is 10.1 Å². The third kappa shape index (κ3) is 4.59. The average molecular weight is 470 g/mol. The molecule has 1 N–H and O–H groups in total. The number of anilines is 1. The number of hydrogen-bond donors (Lipinski definition) is 1. The van der Waals surface area contributed by atoms with Gasteiger partial charge in [-0.25, -0.2) is 4.68 Å². The molecule has 1 aliphatic heterocycles. The molecule has 0 bridgehead atoms. The van der Waals surface area contributed by atoms with Crippen LogP contribution in [0, 0.1) is 0 Å². The molecule has 0 fully saturated rings. The van der Waals surface area contributed by atoms with Gasteiger partial charge in [-0.2, -0.15) is 16.9 Å². The van der Waals surface area contributed by atoms with Gasteiger partial charge in [0.1, 0.15) is 17.3 Å². The van der Waals surface area contributed by atoms with E-state index in [1.165, 1.54) is 5.56 Å². The van der Waals surface area contributed by atoms with E-state index in [0.29, 0.717) is 5.56 Å². The maximum atomic E-state index is 13.1. The van der Waals surface area contributed by atoms with Crippen LogP contribution in [0.1, 0.15) is 48.0 Å². The molecule has 2 heterocycles. The van der Waals surface area contributed by atoms with E-state index in [-0.39, 0.29) is 11.3 Å². The highest BCUT2D eigenvalue weighted by Crippen LogP contribution is 2.36. The van der Waals surface area contributed by atoms with Gasteiger partial charge in [-0.3, -0.25) is 4.79 Å². The molecule has 172 valence electrons. The van der Waals surface area contributed by atoms with Crippen LogP contribution in [0.5, 0.6) is 11.5 Å². The van der Waals surface area contributed by atoms with Gasteiger partial charge in [-0.1, -0.05) is 51.1 Å². The molecule has 0 unspecified atom stereocenters. The Balaban J connectivity index is 1.40. The van der Waals surface area contributed by atoms with Crippen molar-refractivity contribution in [2.24, 2.45) is 0 Å². The Morgan fingerprint density at radius 2 is 1.59 bits per heavy atom. The lowest BCUT2D eigenvalue weighted by Crippen LogP contribution is -2.17. The zero-order valence-corrected chi connectivity index (χ0v) is 20.4. The molecule has 1 aromatic heterocycles. The first-order valence-electron chi connectivity index (χ1n) is 11.3. The van der Waals surface area contributed by atoms with E-state index in [1.807, 2.05) is 95.3 Å². The molecule has 34 heavy (non-hydrogen) atoms. The minimum Gasteiger partial charge on any atom is -0.457 e. The molecule has 6 heteroatoms. The first-order chi connectivity index (χ1) is 16.4. The Kier molecular flexibility index (Phi) is 5.92. The largest absolute Gasteiger partial charge is 0.457 e. The normalized spacial score (nSPS) is 12.9. The molecule has 0 aliphatic carbocycles. The number of rotatable bonds is 5. The summed E-state index contributed by atoms with van der Waals surface area (Å²) in [5, 5.41) is 7.94. The van der Waals surface area contributed by atoms with E-state index in [2.05, 4.69) is 26.1 Å². The lowest BCUT2D eigenvalue weighted by Gasteiger charge is -2.19. The zero-order chi connectivity index (χ0) is 23.7. The van der Waals surface area contributed by atoms with Gasteiger partial charge in [0.15, 0.2) is 0 Å². The summed E-state index contributed by atoms with van der Waals surface area (Å²) in [5.41, 5.74) is 4.86.